The molecule has 0 saturated carbocycles. The second-order valence-corrected chi connectivity index (χ2v) is 4.80. The zero-order valence-electron chi connectivity index (χ0n) is 11.4. The minimum Gasteiger partial charge on any atom is -0.495 e. The van der Waals surface area contributed by atoms with Crippen molar-refractivity contribution in [2.24, 2.45) is 0 Å². The van der Waals surface area contributed by atoms with Crippen LogP contribution in [0.25, 0.3) is 0 Å². The minimum absolute atomic E-state index is 0.0393. The molecule has 0 bridgehead atoms. The lowest BCUT2D eigenvalue weighted by Gasteiger charge is -2.32. The summed E-state index contributed by atoms with van der Waals surface area (Å²) in [6, 6.07) is 5.67. The largest absolute Gasteiger partial charge is 0.495 e. The van der Waals surface area contributed by atoms with Crippen LogP contribution >= 0.6 is 0 Å². The molecule has 19 heavy (non-hydrogen) atoms. The molecule has 0 aromatic heterocycles. The van der Waals surface area contributed by atoms with Gasteiger partial charge in [0.2, 0.25) is 0 Å². The van der Waals surface area contributed by atoms with Gasteiger partial charge in [-0.05, 0) is 24.6 Å². The summed E-state index contributed by atoms with van der Waals surface area (Å²) in [6.07, 6.45) is -0.0393. The first-order valence-corrected chi connectivity index (χ1v) is 6.37. The quantitative estimate of drug-likeness (QED) is 0.829. The van der Waals surface area contributed by atoms with E-state index in [1.54, 1.807) is 14.0 Å². The average molecular weight is 264 g/mol. The third kappa shape index (κ3) is 3.45. The van der Waals surface area contributed by atoms with Crippen LogP contribution < -0.4 is 10.5 Å². The highest BCUT2D eigenvalue weighted by molar-refractivity contribution is 5.77. The molecule has 1 atom stereocenters. The van der Waals surface area contributed by atoms with Crippen molar-refractivity contribution >= 4 is 11.5 Å². The van der Waals surface area contributed by atoms with Gasteiger partial charge in [-0.15, -0.1) is 0 Å². The van der Waals surface area contributed by atoms with Gasteiger partial charge in [0, 0.05) is 13.1 Å². The first-order valence-electron chi connectivity index (χ1n) is 6.37. The summed E-state index contributed by atoms with van der Waals surface area (Å²) in [4.78, 5) is 13.3. The molecular formula is C14H20N2O3. The Morgan fingerprint density at radius 2 is 2.37 bits per heavy atom. The third-order valence-corrected chi connectivity index (χ3v) is 3.23. The summed E-state index contributed by atoms with van der Waals surface area (Å²) >= 11 is 0. The molecule has 0 radical (unpaired) electrons. The SMILES string of the molecule is COc1cc(C2CN(CC(C)=O)CCO2)ccc1N. The molecule has 5 nitrogen and oxygen atoms in total. The van der Waals surface area contributed by atoms with E-state index in [9.17, 15) is 4.79 Å². The third-order valence-electron chi connectivity index (χ3n) is 3.23. The summed E-state index contributed by atoms with van der Waals surface area (Å²) < 4.78 is 11.0. The van der Waals surface area contributed by atoms with Gasteiger partial charge < -0.3 is 15.2 Å². The molecule has 1 aromatic carbocycles. The van der Waals surface area contributed by atoms with E-state index in [-0.39, 0.29) is 11.9 Å². The highest BCUT2D eigenvalue weighted by Crippen LogP contribution is 2.29. The number of benzene rings is 1. The molecular weight excluding hydrogens is 244 g/mol. The van der Waals surface area contributed by atoms with Crippen LogP contribution in [-0.2, 0) is 9.53 Å². The molecule has 1 heterocycles. The molecule has 1 aliphatic heterocycles. The second kappa shape index (κ2) is 6.04. The Balaban J connectivity index is 2.10. The molecule has 104 valence electrons. The lowest BCUT2D eigenvalue weighted by Crippen LogP contribution is -2.40. The van der Waals surface area contributed by atoms with E-state index < -0.39 is 0 Å². The predicted molar refractivity (Wildman–Crippen MR) is 73.2 cm³/mol. The molecule has 1 aliphatic rings. The molecule has 1 saturated heterocycles. The fourth-order valence-electron chi connectivity index (χ4n) is 2.29. The number of methoxy groups -OCH3 is 1. The maximum atomic E-state index is 11.2. The van der Waals surface area contributed by atoms with Crippen LogP contribution in [0.15, 0.2) is 18.2 Å². The second-order valence-electron chi connectivity index (χ2n) is 4.80. The number of Topliss-reactive ketones (excluding diaryl/α,β-unsaturated/α-hetero) is 1. The van der Waals surface area contributed by atoms with Gasteiger partial charge in [0.25, 0.3) is 0 Å². The van der Waals surface area contributed by atoms with Crippen LogP contribution in [0, 0.1) is 0 Å². The van der Waals surface area contributed by atoms with Gasteiger partial charge in [-0.25, -0.2) is 0 Å². The zero-order chi connectivity index (χ0) is 13.8. The number of nitrogen functional groups attached to an aromatic ring is 1. The zero-order valence-corrected chi connectivity index (χ0v) is 11.4. The number of nitrogens with zero attached hydrogens (tertiary/aromatic N) is 1. The molecule has 0 spiro atoms. The van der Waals surface area contributed by atoms with Gasteiger partial charge in [0.05, 0.1) is 32.1 Å². The van der Waals surface area contributed by atoms with E-state index in [2.05, 4.69) is 4.90 Å². The van der Waals surface area contributed by atoms with Crippen LogP contribution in [0.4, 0.5) is 5.69 Å². The fraction of sp³-hybridized carbons (Fsp3) is 0.500. The van der Waals surface area contributed by atoms with Crippen molar-refractivity contribution in [1.82, 2.24) is 4.90 Å². The van der Waals surface area contributed by atoms with Gasteiger partial charge >= 0.3 is 0 Å². The van der Waals surface area contributed by atoms with E-state index in [4.69, 9.17) is 15.2 Å². The number of nitrogens with two attached hydrogens (primary N) is 1. The summed E-state index contributed by atoms with van der Waals surface area (Å²) in [7, 11) is 1.60. The lowest BCUT2D eigenvalue weighted by molar-refractivity contribution is -0.120. The molecule has 2 rings (SSSR count). The van der Waals surface area contributed by atoms with Crippen LogP contribution in [-0.4, -0.2) is 44.0 Å². The maximum Gasteiger partial charge on any atom is 0.143 e. The standard InChI is InChI=1S/C14H20N2O3/c1-10(17)8-16-5-6-19-14(9-16)11-3-4-12(15)13(7-11)18-2/h3-4,7,14H,5-6,8-9,15H2,1-2H3. The van der Waals surface area contributed by atoms with E-state index in [0.717, 1.165) is 12.1 Å². The number of ether oxygens (including phenoxy) is 2. The van der Waals surface area contributed by atoms with Crippen molar-refractivity contribution in [2.75, 3.05) is 39.1 Å². The Hall–Kier alpha value is -1.59. The number of carbonyl (C=O) groups is 1. The highest BCUT2D eigenvalue weighted by atomic mass is 16.5. The predicted octanol–water partition coefficient (Wildman–Crippen LogP) is 1.24. The minimum atomic E-state index is -0.0393. The summed E-state index contributed by atoms with van der Waals surface area (Å²) in [5, 5.41) is 0. The van der Waals surface area contributed by atoms with Gasteiger partial charge in [-0.1, -0.05) is 6.07 Å². The van der Waals surface area contributed by atoms with Gasteiger partial charge in [0.1, 0.15) is 11.5 Å². The summed E-state index contributed by atoms with van der Waals surface area (Å²) in [5.41, 5.74) is 7.44. The number of ketones is 1. The maximum absolute atomic E-state index is 11.2. The first kappa shape index (κ1) is 13.8. The Morgan fingerprint density at radius 3 is 3.05 bits per heavy atom. The smallest absolute Gasteiger partial charge is 0.143 e. The fourth-order valence-corrected chi connectivity index (χ4v) is 2.29. The number of hydrogen-bond donors (Lipinski definition) is 1. The van der Waals surface area contributed by atoms with E-state index in [0.29, 0.717) is 31.1 Å². The monoisotopic (exact) mass is 264 g/mol. The molecule has 0 amide bonds. The van der Waals surface area contributed by atoms with E-state index in [1.807, 2.05) is 18.2 Å². The molecule has 1 aromatic rings. The average Bonchev–Trinajstić information content (AvgIpc) is 2.39. The van der Waals surface area contributed by atoms with Crippen molar-refractivity contribution < 1.29 is 14.3 Å². The number of hydrogen-bond acceptors (Lipinski definition) is 5. The highest BCUT2D eigenvalue weighted by Gasteiger charge is 2.23. The van der Waals surface area contributed by atoms with Gasteiger partial charge in [-0.2, -0.15) is 0 Å². The van der Waals surface area contributed by atoms with E-state index in [1.165, 1.54) is 0 Å². The Bertz CT molecular complexity index is 462. The Morgan fingerprint density at radius 1 is 1.58 bits per heavy atom. The molecule has 1 fully saturated rings. The number of morpholine rings is 1. The van der Waals surface area contributed by atoms with E-state index >= 15 is 0 Å². The number of carbonyl (C=O) groups excluding carboxylic acids is 1. The number of rotatable bonds is 4. The summed E-state index contributed by atoms with van der Waals surface area (Å²) in [6.45, 7) is 4.22. The van der Waals surface area contributed by atoms with Crippen molar-refractivity contribution in [1.29, 1.82) is 0 Å². The van der Waals surface area contributed by atoms with Gasteiger partial charge in [-0.3, -0.25) is 9.69 Å². The van der Waals surface area contributed by atoms with Crippen molar-refractivity contribution in [3.63, 3.8) is 0 Å². The van der Waals surface area contributed by atoms with Crippen LogP contribution in [0.1, 0.15) is 18.6 Å². The summed E-state index contributed by atoms with van der Waals surface area (Å²) in [5.74, 6) is 0.834. The normalized spacial score (nSPS) is 20.2. The lowest BCUT2D eigenvalue weighted by atomic mass is 10.1. The molecule has 2 N–H and O–H groups in total. The van der Waals surface area contributed by atoms with Crippen molar-refractivity contribution in [3.05, 3.63) is 23.8 Å². The van der Waals surface area contributed by atoms with Crippen LogP contribution in [0.2, 0.25) is 0 Å². The molecule has 5 heteroatoms. The van der Waals surface area contributed by atoms with Gasteiger partial charge in [0.15, 0.2) is 0 Å². The molecule has 0 aliphatic carbocycles. The van der Waals surface area contributed by atoms with Crippen LogP contribution in [0.5, 0.6) is 5.75 Å². The topological polar surface area (TPSA) is 64.8 Å². The Kier molecular flexibility index (Phi) is 4.39. The van der Waals surface area contributed by atoms with Crippen molar-refractivity contribution in [2.45, 2.75) is 13.0 Å². The van der Waals surface area contributed by atoms with Crippen LogP contribution in [0.3, 0.4) is 0 Å². The van der Waals surface area contributed by atoms with Crippen molar-refractivity contribution in [3.8, 4) is 5.75 Å². The first-order chi connectivity index (χ1) is 9.10. The number of anilines is 1. The molecule has 1 unspecified atom stereocenters. The Labute approximate surface area is 113 Å².